The molecule has 2 atom stereocenters. The summed E-state index contributed by atoms with van der Waals surface area (Å²) in [6.45, 7) is 0. The van der Waals surface area contributed by atoms with Gasteiger partial charge in [-0.25, -0.2) is 0 Å². The molecule has 1 aliphatic carbocycles. The van der Waals surface area contributed by atoms with E-state index in [0.29, 0.717) is 25.2 Å². The number of methoxy groups -OCH3 is 1. The number of hydrogen-bond donors (Lipinski definition) is 0. The minimum atomic E-state index is -0.210. The minimum absolute atomic E-state index is 0.133. The van der Waals surface area contributed by atoms with Crippen LogP contribution in [0, 0.1) is 11.8 Å². The Morgan fingerprint density at radius 2 is 2.00 bits per heavy atom. The van der Waals surface area contributed by atoms with Gasteiger partial charge in [-0.05, 0) is 30.2 Å². The first-order valence-corrected chi connectivity index (χ1v) is 6.81. The van der Waals surface area contributed by atoms with Crippen LogP contribution in [0.1, 0.15) is 31.2 Å². The highest BCUT2D eigenvalue weighted by atomic mass is 16.5. The standard InChI is InChI=1S/C16H20O3/c1-19-16(18)11-14-10-15(17)8-7-13(14)9-12-5-3-2-4-6-12/h2-6,13-14H,7-11H2,1H3/t13-,14-/m0/s1. The third-order valence-electron chi connectivity index (χ3n) is 3.95. The Morgan fingerprint density at radius 1 is 1.26 bits per heavy atom. The SMILES string of the molecule is COC(=O)C[C@@H]1CC(=O)CC[C@H]1Cc1ccccc1. The van der Waals surface area contributed by atoms with E-state index in [1.54, 1.807) is 0 Å². The highest BCUT2D eigenvalue weighted by molar-refractivity contribution is 5.80. The first kappa shape index (κ1) is 13.8. The van der Waals surface area contributed by atoms with E-state index in [4.69, 9.17) is 4.74 Å². The van der Waals surface area contributed by atoms with E-state index in [0.717, 1.165) is 12.8 Å². The van der Waals surface area contributed by atoms with Gasteiger partial charge in [0.25, 0.3) is 0 Å². The van der Waals surface area contributed by atoms with Crippen LogP contribution in [0.2, 0.25) is 0 Å². The molecule has 1 aromatic carbocycles. The summed E-state index contributed by atoms with van der Waals surface area (Å²) in [4.78, 5) is 23.0. The smallest absolute Gasteiger partial charge is 0.305 e. The lowest BCUT2D eigenvalue weighted by molar-refractivity contribution is -0.142. The highest BCUT2D eigenvalue weighted by Crippen LogP contribution is 2.33. The maximum atomic E-state index is 11.6. The van der Waals surface area contributed by atoms with Crippen molar-refractivity contribution in [3.8, 4) is 0 Å². The molecule has 0 heterocycles. The number of esters is 1. The number of hydrogen-bond acceptors (Lipinski definition) is 3. The third-order valence-corrected chi connectivity index (χ3v) is 3.95. The second-order valence-corrected chi connectivity index (χ2v) is 5.27. The first-order chi connectivity index (χ1) is 9.19. The Hall–Kier alpha value is -1.64. The molecule has 19 heavy (non-hydrogen) atoms. The number of ketones is 1. The van der Waals surface area contributed by atoms with Gasteiger partial charge in [0.15, 0.2) is 0 Å². The van der Waals surface area contributed by atoms with Crippen LogP contribution >= 0.6 is 0 Å². The van der Waals surface area contributed by atoms with Gasteiger partial charge >= 0.3 is 5.97 Å². The average molecular weight is 260 g/mol. The Morgan fingerprint density at radius 3 is 2.68 bits per heavy atom. The lowest BCUT2D eigenvalue weighted by Crippen LogP contribution is -2.28. The summed E-state index contributed by atoms with van der Waals surface area (Å²) in [6.07, 6.45) is 3.35. The zero-order valence-corrected chi connectivity index (χ0v) is 11.3. The van der Waals surface area contributed by atoms with Crippen molar-refractivity contribution in [3.05, 3.63) is 35.9 Å². The van der Waals surface area contributed by atoms with Crippen molar-refractivity contribution in [3.63, 3.8) is 0 Å². The van der Waals surface area contributed by atoms with Gasteiger partial charge in [-0.1, -0.05) is 30.3 Å². The number of ether oxygens (including phenoxy) is 1. The predicted molar refractivity (Wildman–Crippen MR) is 72.6 cm³/mol. The number of carbonyl (C=O) groups excluding carboxylic acids is 2. The van der Waals surface area contributed by atoms with Crippen molar-refractivity contribution < 1.29 is 14.3 Å². The molecule has 0 aliphatic heterocycles. The van der Waals surface area contributed by atoms with Crippen LogP contribution in [0.5, 0.6) is 0 Å². The number of Topliss-reactive ketones (excluding diaryl/α,β-unsaturated/α-hetero) is 1. The van der Waals surface area contributed by atoms with E-state index >= 15 is 0 Å². The molecule has 102 valence electrons. The summed E-state index contributed by atoms with van der Waals surface area (Å²) in [5, 5.41) is 0. The van der Waals surface area contributed by atoms with Crippen molar-refractivity contribution in [2.75, 3.05) is 7.11 Å². The first-order valence-electron chi connectivity index (χ1n) is 6.81. The van der Waals surface area contributed by atoms with Gasteiger partial charge < -0.3 is 4.74 Å². The second-order valence-electron chi connectivity index (χ2n) is 5.27. The molecule has 1 fully saturated rings. The Labute approximate surface area is 114 Å². The minimum Gasteiger partial charge on any atom is -0.469 e. The molecule has 0 amide bonds. The van der Waals surface area contributed by atoms with Crippen molar-refractivity contribution >= 4 is 11.8 Å². The summed E-state index contributed by atoms with van der Waals surface area (Å²) in [7, 11) is 1.40. The van der Waals surface area contributed by atoms with Gasteiger partial charge in [-0.15, -0.1) is 0 Å². The van der Waals surface area contributed by atoms with E-state index in [1.165, 1.54) is 12.7 Å². The van der Waals surface area contributed by atoms with Crippen LogP contribution in [0.3, 0.4) is 0 Å². The predicted octanol–water partition coefficient (Wildman–Crippen LogP) is 2.78. The van der Waals surface area contributed by atoms with E-state index in [1.807, 2.05) is 18.2 Å². The molecule has 1 aliphatic rings. The van der Waals surface area contributed by atoms with Crippen LogP contribution in [-0.2, 0) is 20.7 Å². The van der Waals surface area contributed by atoms with E-state index in [-0.39, 0.29) is 17.7 Å². The summed E-state index contributed by atoms with van der Waals surface area (Å²) in [6, 6.07) is 10.3. The van der Waals surface area contributed by atoms with Gasteiger partial charge in [0.1, 0.15) is 5.78 Å². The third kappa shape index (κ3) is 3.91. The molecule has 0 radical (unpaired) electrons. The lowest BCUT2D eigenvalue weighted by atomic mass is 9.74. The zero-order chi connectivity index (χ0) is 13.7. The normalized spacial score (nSPS) is 23.1. The summed E-state index contributed by atoms with van der Waals surface area (Å²) in [5.74, 6) is 0.601. The quantitative estimate of drug-likeness (QED) is 0.782. The zero-order valence-electron chi connectivity index (χ0n) is 11.3. The molecular formula is C16H20O3. The summed E-state index contributed by atoms with van der Waals surface area (Å²) >= 11 is 0. The van der Waals surface area contributed by atoms with Crippen LogP contribution < -0.4 is 0 Å². The average Bonchev–Trinajstić information content (AvgIpc) is 2.43. The molecule has 0 N–H and O–H groups in total. The molecule has 0 spiro atoms. The lowest BCUT2D eigenvalue weighted by Gasteiger charge is -2.30. The van der Waals surface area contributed by atoms with Crippen molar-refractivity contribution in [1.82, 2.24) is 0 Å². The fraction of sp³-hybridized carbons (Fsp3) is 0.500. The van der Waals surface area contributed by atoms with E-state index in [2.05, 4.69) is 12.1 Å². The summed E-state index contributed by atoms with van der Waals surface area (Å²) < 4.78 is 4.74. The molecule has 0 aromatic heterocycles. The Bertz CT molecular complexity index is 439. The van der Waals surface area contributed by atoms with Crippen LogP contribution in [0.4, 0.5) is 0 Å². The molecular weight excluding hydrogens is 240 g/mol. The van der Waals surface area contributed by atoms with Crippen molar-refractivity contribution in [2.24, 2.45) is 11.8 Å². The fourth-order valence-electron chi connectivity index (χ4n) is 2.87. The van der Waals surface area contributed by atoms with E-state index < -0.39 is 0 Å². The molecule has 1 aromatic rings. The summed E-state index contributed by atoms with van der Waals surface area (Å²) in [5.41, 5.74) is 1.27. The van der Waals surface area contributed by atoms with E-state index in [9.17, 15) is 9.59 Å². The molecule has 2 rings (SSSR count). The van der Waals surface area contributed by atoms with Crippen LogP contribution in [0.15, 0.2) is 30.3 Å². The molecule has 0 saturated heterocycles. The second kappa shape index (κ2) is 6.50. The molecule has 3 heteroatoms. The van der Waals surface area contributed by atoms with Gasteiger partial charge in [0, 0.05) is 19.3 Å². The van der Waals surface area contributed by atoms with Gasteiger partial charge in [-0.2, -0.15) is 0 Å². The Balaban J connectivity index is 2.03. The molecule has 0 unspecified atom stereocenters. The monoisotopic (exact) mass is 260 g/mol. The highest BCUT2D eigenvalue weighted by Gasteiger charge is 2.31. The van der Waals surface area contributed by atoms with Crippen LogP contribution in [-0.4, -0.2) is 18.9 Å². The van der Waals surface area contributed by atoms with Gasteiger partial charge in [-0.3, -0.25) is 9.59 Å². The van der Waals surface area contributed by atoms with Gasteiger partial charge in [0.2, 0.25) is 0 Å². The fourth-order valence-corrected chi connectivity index (χ4v) is 2.87. The number of carbonyl (C=O) groups is 2. The molecule has 1 saturated carbocycles. The number of benzene rings is 1. The topological polar surface area (TPSA) is 43.4 Å². The maximum absolute atomic E-state index is 11.6. The van der Waals surface area contributed by atoms with Crippen LogP contribution in [0.25, 0.3) is 0 Å². The van der Waals surface area contributed by atoms with Crippen molar-refractivity contribution in [2.45, 2.75) is 32.1 Å². The van der Waals surface area contributed by atoms with Gasteiger partial charge in [0.05, 0.1) is 7.11 Å². The Kier molecular flexibility index (Phi) is 4.72. The molecule has 0 bridgehead atoms. The molecule has 3 nitrogen and oxygen atoms in total. The largest absolute Gasteiger partial charge is 0.469 e. The maximum Gasteiger partial charge on any atom is 0.305 e. The number of rotatable bonds is 4. The van der Waals surface area contributed by atoms with Crippen molar-refractivity contribution in [1.29, 1.82) is 0 Å².